The number of nitriles is 1. The SMILES string of the molecule is CCC[C@@H]1CN(c2nc(C)cc(C)c2C#N)C[C@H]1NC(=O)CCOC. The van der Waals surface area contributed by atoms with Crippen LogP contribution < -0.4 is 10.2 Å². The summed E-state index contributed by atoms with van der Waals surface area (Å²) in [5, 5.41) is 12.7. The molecule has 1 aromatic rings. The molecule has 0 unspecified atom stereocenters. The van der Waals surface area contributed by atoms with Gasteiger partial charge in [-0.15, -0.1) is 0 Å². The maximum absolute atomic E-state index is 12.1. The Morgan fingerprint density at radius 2 is 2.24 bits per heavy atom. The van der Waals surface area contributed by atoms with Crippen molar-refractivity contribution in [3.63, 3.8) is 0 Å². The number of pyridine rings is 1. The highest BCUT2D eigenvalue weighted by Crippen LogP contribution is 2.29. The minimum Gasteiger partial charge on any atom is -0.384 e. The average Bonchev–Trinajstić information content (AvgIpc) is 2.95. The lowest BCUT2D eigenvalue weighted by atomic mass is 9.98. The van der Waals surface area contributed by atoms with Crippen LogP contribution in [0.4, 0.5) is 5.82 Å². The van der Waals surface area contributed by atoms with Gasteiger partial charge in [-0.05, 0) is 37.8 Å². The molecule has 1 saturated heterocycles. The first-order chi connectivity index (χ1) is 12.0. The number of nitrogens with one attached hydrogen (secondary N) is 1. The average molecular weight is 344 g/mol. The summed E-state index contributed by atoms with van der Waals surface area (Å²) in [5.41, 5.74) is 2.49. The number of hydrogen-bond acceptors (Lipinski definition) is 5. The summed E-state index contributed by atoms with van der Waals surface area (Å²) >= 11 is 0. The Bertz CT molecular complexity index is 654. The number of hydrogen-bond donors (Lipinski definition) is 1. The van der Waals surface area contributed by atoms with E-state index in [0.717, 1.165) is 36.5 Å². The topological polar surface area (TPSA) is 78.3 Å². The second-order valence-corrected chi connectivity index (χ2v) is 6.76. The Morgan fingerprint density at radius 3 is 2.88 bits per heavy atom. The van der Waals surface area contributed by atoms with E-state index in [1.807, 2.05) is 19.9 Å². The van der Waals surface area contributed by atoms with Crippen molar-refractivity contribution in [1.29, 1.82) is 5.26 Å². The van der Waals surface area contributed by atoms with Gasteiger partial charge in [-0.3, -0.25) is 4.79 Å². The fraction of sp³-hybridized carbons (Fsp3) is 0.632. The fourth-order valence-corrected chi connectivity index (χ4v) is 3.53. The van der Waals surface area contributed by atoms with Crippen LogP contribution in [0.25, 0.3) is 0 Å². The molecule has 136 valence electrons. The number of methoxy groups -OCH3 is 1. The molecule has 0 saturated carbocycles. The predicted octanol–water partition coefficient (Wildman–Crippen LogP) is 2.33. The Labute approximate surface area is 150 Å². The molecular weight excluding hydrogens is 316 g/mol. The van der Waals surface area contributed by atoms with Gasteiger partial charge in [-0.2, -0.15) is 5.26 Å². The zero-order valence-electron chi connectivity index (χ0n) is 15.6. The predicted molar refractivity (Wildman–Crippen MR) is 97.5 cm³/mol. The number of nitrogens with zero attached hydrogens (tertiary/aromatic N) is 3. The molecule has 2 rings (SSSR count). The normalized spacial score (nSPS) is 19.7. The Morgan fingerprint density at radius 1 is 1.48 bits per heavy atom. The number of anilines is 1. The first-order valence-corrected chi connectivity index (χ1v) is 8.91. The number of ether oxygens (including phenoxy) is 1. The van der Waals surface area contributed by atoms with Crippen LogP contribution in [-0.2, 0) is 9.53 Å². The monoisotopic (exact) mass is 344 g/mol. The van der Waals surface area contributed by atoms with E-state index in [9.17, 15) is 10.1 Å². The van der Waals surface area contributed by atoms with Crippen LogP contribution >= 0.6 is 0 Å². The van der Waals surface area contributed by atoms with Crippen molar-refractivity contribution in [1.82, 2.24) is 10.3 Å². The second-order valence-electron chi connectivity index (χ2n) is 6.76. The summed E-state index contributed by atoms with van der Waals surface area (Å²) in [6.07, 6.45) is 2.48. The number of aryl methyl sites for hydroxylation is 2. The van der Waals surface area contributed by atoms with Gasteiger partial charge in [-0.1, -0.05) is 13.3 Å². The van der Waals surface area contributed by atoms with Crippen molar-refractivity contribution in [2.75, 3.05) is 31.7 Å². The highest BCUT2D eigenvalue weighted by atomic mass is 16.5. The maximum Gasteiger partial charge on any atom is 0.222 e. The third-order valence-electron chi connectivity index (χ3n) is 4.72. The van der Waals surface area contributed by atoms with Gasteiger partial charge in [0.1, 0.15) is 11.9 Å². The van der Waals surface area contributed by atoms with Gasteiger partial charge in [0.2, 0.25) is 5.91 Å². The molecule has 0 spiro atoms. The van der Waals surface area contributed by atoms with Gasteiger partial charge in [0, 0.05) is 32.3 Å². The van der Waals surface area contributed by atoms with E-state index in [1.165, 1.54) is 0 Å². The van der Waals surface area contributed by atoms with Crippen LogP contribution in [0, 0.1) is 31.1 Å². The number of rotatable bonds is 7. The first-order valence-electron chi connectivity index (χ1n) is 8.91. The molecule has 1 amide bonds. The molecule has 6 nitrogen and oxygen atoms in total. The van der Waals surface area contributed by atoms with Crippen LogP contribution in [0.15, 0.2) is 6.07 Å². The van der Waals surface area contributed by atoms with Crippen LogP contribution in [0.3, 0.4) is 0 Å². The standard InChI is InChI=1S/C19H28N4O2/c1-5-6-15-11-23(12-17(15)22-18(24)7-8-25-4)19-16(10-20)13(2)9-14(3)21-19/h9,15,17H,5-8,11-12H2,1-4H3,(H,22,24)/t15-,17-/m1/s1. The van der Waals surface area contributed by atoms with Crippen molar-refractivity contribution >= 4 is 11.7 Å². The lowest BCUT2D eigenvalue weighted by Crippen LogP contribution is -2.41. The second kappa shape index (κ2) is 8.82. The van der Waals surface area contributed by atoms with Gasteiger partial charge < -0.3 is 15.0 Å². The van der Waals surface area contributed by atoms with E-state index in [-0.39, 0.29) is 11.9 Å². The zero-order chi connectivity index (χ0) is 18.4. The molecular formula is C19H28N4O2. The van der Waals surface area contributed by atoms with E-state index >= 15 is 0 Å². The van der Waals surface area contributed by atoms with Gasteiger partial charge in [-0.25, -0.2) is 4.98 Å². The molecule has 6 heteroatoms. The lowest BCUT2D eigenvalue weighted by molar-refractivity contribution is -0.122. The van der Waals surface area contributed by atoms with E-state index in [0.29, 0.717) is 31.1 Å². The minimum atomic E-state index is 0.0173. The van der Waals surface area contributed by atoms with Crippen LogP contribution in [0.2, 0.25) is 0 Å². The quantitative estimate of drug-likeness (QED) is 0.821. The zero-order valence-corrected chi connectivity index (χ0v) is 15.6. The molecule has 0 aliphatic carbocycles. The van der Waals surface area contributed by atoms with Crippen molar-refractivity contribution in [3.8, 4) is 6.07 Å². The summed E-state index contributed by atoms with van der Waals surface area (Å²) in [5.74, 6) is 1.13. The molecule has 1 aliphatic rings. The first kappa shape index (κ1) is 19.2. The van der Waals surface area contributed by atoms with Gasteiger partial charge in [0.25, 0.3) is 0 Å². The minimum absolute atomic E-state index is 0.0173. The van der Waals surface area contributed by atoms with E-state index in [1.54, 1.807) is 7.11 Å². The summed E-state index contributed by atoms with van der Waals surface area (Å²) in [6.45, 7) is 7.98. The van der Waals surface area contributed by atoms with Crippen molar-refractivity contribution in [2.24, 2.45) is 5.92 Å². The van der Waals surface area contributed by atoms with Crippen molar-refractivity contribution in [3.05, 3.63) is 22.9 Å². The fourth-order valence-electron chi connectivity index (χ4n) is 3.53. The number of aromatic nitrogens is 1. The molecule has 1 aliphatic heterocycles. The van der Waals surface area contributed by atoms with Crippen LogP contribution in [0.1, 0.15) is 43.0 Å². The highest BCUT2D eigenvalue weighted by Gasteiger charge is 2.35. The Hall–Kier alpha value is -2.13. The van der Waals surface area contributed by atoms with Gasteiger partial charge in [0.05, 0.1) is 18.2 Å². The third-order valence-corrected chi connectivity index (χ3v) is 4.72. The summed E-state index contributed by atoms with van der Waals surface area (Å²) in [7, 11) is 1.60. The van der Waals surface area contributed by atoms with Crippen LogP contribution in [-0.4, -0.2) is 43.7 Å². The molecule has 25 heavy (non-hydrogen) atoms. The summed E-state index contributed by atoms with van der Waals surface area (Å²) < 4.78 is 4.98. The molecule has 1 fully saturated rings. The largest absolute Gasteiger partial charge is 0.384 e. The number of carbonyl (C=O) groups is 1. The smallest absolute Gasteiger partial charge is 0.222 e. The third kappa shape index (κ3) is 4.70. The molecule has 0 radical (unpaired) electrons. The molecule has 0 bridgehead atoms. The number of carbonyl (C=O) groups excluding carboxylic acids is 1. The van der Waals surface area contributed by atoms with Gasteiger partial charge in [0.15, 0.2) is 0 Å². The number of amides is 1. The summed E-state index contributed by atoms with van der Waals surface area (Å²) in [6, 6.07) is 4.31. The van der Waals surface area contributed by atoms with E-state index in [4.69, 9.17) is 4.74 Å². The molecule has 1 N–H and O–H groups in total. The van der Waals surface area contributed by atoms with Crippen molar-refractivity contribution < 1.29 is 9.53 Å². The molecule has 1 aromatic heterocycles. The van der Waals surface area contributed by atoms with Gasteiger partial charge >= 0.3 is 0 Å². The summed E-state index contributed by atoms with van der Waals surface area (Å²) in [4.78, 5) is 18.9. The Balaban J connectivity index is 2.19. The lowest BCUT2D eigenvalue weighted by Gasteiger charge is -2.20. The van der Waals surface area contributed by atoms with E-state index < -0.39 is 0 Å². The van der Waals surface area contributed by atoms with Crippen LogP contribution in [0.5, 0.6) is 0 Å². The highest BCUT2D eigenvalue weighted by molar-refractivity contribution is 5.76. The molecule has 2 heterocycles. The molecule has 0 aromatic carbocycles. The van der Waals surface area contributed by atoms with Crippen molar-refractivity contribution in [2.45, 2.75) is 46.1 Å². The Kier molecular flexibility index (Phi) is 6.77. The molecule has 2 atom stereocenters. The van der Waals surface area contributed by atoms with E-state index in [2.05, 4.69) is 28.2 Å². The maximum atomic E-state index is 12.1.